The van der Waals surface area contributed by atoms with E-state index in [0.717, 1.165) is 37.8 Å². The molecule has 1 aromatic carbocycles. The molecule has 0 spiro atoms. The number of halogens is 2. The van der Waals surface area contributed by atoms with Crippen molar-refractivity contribution in [2.24, 2.45) is 17.6 Å². The van der Waals surface area contributed by atoms with E-state index < -0.39 is 11.6 Å². The first kappa shape index (κ1) is 14.1. The molecule has 0 saturated heterocycles. The molecule has 1 aromatic rings. The Morgan fingerprint density at radius 1 is 1.16 bits per heavy atom. The van der Waals surface area contributed by atoms with Gasteiger partial charge in [-0.1, -0.05) is 6.07 Å². The third-order valence-corrected chi connectivity index (χ3v) is 4.00. The molecule has 0 bridgehead atoms. The normalized spacial score (nSPS) is 23.3. The summed E-state index contributed by atoms with van der Waals surface area (Å²) in [6, 6.07) is 3.66. The topological polar surface area (TPSA) is 43.1 Å². The third kappa shape index (κ3) is 3.60. The number of hydrogen-bond acceptors (Lipinski definition) is 2. The first-order chi connectivity index (χ1) is 9.10. The van der Waals surface area contributed by atoms with Crippen LogP contribution in [-0.2, 0) is 11.2 Å². The molecule has 1 fully saturated rings. The summed E-state index contributed by atoms with van der Waals surface area (Å²) in [6.45, 7) is 0.685. The fourth-order valence-electron chi connectivity index (χ4n) is 2.72. The van der Waals surface area contributed by atoms with Crippen LogP contribution in [0.3, 0.4) is 0 Å². The molecule has 0 radical (unpaired) electrons. The van der Waals surface area contributed by atoms with Gasteiger partial charge in [0.15, 0.2) is 11.6 Å². The van der Waals surface area contributed by atoms with Crippen LogP contribution in [0.15, 0.2) is 18.2 Å². The van der Waals surface area contributed by atoms with Gasteiger partial charge < -0.3 is 5.73 Å². The second-order valence-corrected chi connectivity index (χ2v) is 5.34. The Hall–Kier alpha value is -1.29. The van der Waals surface area contributed by atoms with Gasteiger partial charge in [-0.2, -0.15) is 0 Å². The van der Waals surface area contributed by atoms with Crippen LogP contribution in [0, 0.1) is 23.5 Å². The van der Waals surface area contributed by atoms with Crippen molar-refractivity contribution in [2.45, 2.75) is 32.1 Å². The minimum Gasteiger partial charge on any atom is -0.330 e. The maximum atomic E-state index is 13.1. The van der Waals surface area contributed by atoms with Gasteiger partial charge in [-0.3, -0.25) is 4.79 Å². The lowest BCUT2D eigenvalue weighted by Crippen LogP contribution is -2.26. The molecule has 0 heterocycles. The van der Waals surface area contributed by atoms with Crippen molar-refractivity contribution in [3.05, 3.63) is 35.4 Å². The molecule has 2 nitrogen and oxygen atoms in total. The molecule has 4 heteroatoms. The number of Topliss-reactive ketones (excluding diaryl/α,β-unsaturated/α-hetero) is 1. The quantitative estimate of drug-likeness (QED) is 0.911. The number of carbonyl (C=O) groups is 1. The summed E-state index contributed by atoms with van der Waals surface area (Å²) in [7, 11) is 0. The average Bonchev–Trinajstić information content (AvgIpc) is 2.43. The first-order valence-corrected chi connectivity index (χ1v) is 6.77. The standard InChI is InChI=1S/C15H19F2NO/c16-13-6-3-11(7-14(13)17)8-15(19)12-4-1-10(9-18)2-5-12/h3,6-7,10,12H,1-2,4-5,8-9,18H2. The highest BCUT2D eigenvalue weighted by atomic mass is 19.2. The number of nitrogens with two attached hydrogens (primary N) is 1. The maximum Gasteiger partial charge on any atom is 0.159 e. The zero-order valence-electron chi connectivity index (χ0n) is 10.9. The van der Waals surface area contributed by atoms with Gasteiger partial charge in [-0.15, -0.1) is 0 Å². The summed E-state index contributed by atoms with van der Waals surface area (Å²) >= 11 is 0. The monoisotopic (exact) mass is 267 g/mol. The molecule has 1 aliphatic carbocycles. The Labute approximate surface area is 112 Å². The van der Waals surface area contributed by atoms with Gasteiger partial charge >= 0.3 is 0 Å². The molecule has 0 aliphatic heterocycles. The Bertz CT molecular complexity index is 453. The van der Waals surface area contributed by atoms with Crippen LogP contribution in [0.5, 0.6) is 0 Å². The van der Waals surface area contributed by atoms with Crippen molar-refractivity contribution in [3.8, 4) is 0 Å². The summed E-state index contributed by atoms with van der Waals surface area (Å²) < 4.78 is 25.9. The molecule has 2 N–H and O–H groups in total. The molecule has 0 atom stereocenters. The molecule has 0 unspecified atom stereocenters. The van der Waals surface area contributed by atoms with Gasteiger partial charge in [0.1, 0.15) is 5.78 Å². The van der Waals surface area contributed by atoms with Crippen molar-refractivity contribution in [1.82, 2.24) is 0 Å². The van der Waals surface area contributed by atoms with Gasteiger partial charge in [0, 0.05) is 12.3 Å². The first-order valence-electron chi connectivity index (χ1n) is 6.77. The van der Waals surface area contributed by atoms with E-state index in [4.69, 9.17) is 5.73 Å². The average molecular weight is 267 g/mol. The van der Waals surface area contributed by atoms with Gasteiger partial charge in [0.2, 0.25) is 0 Å². The largest absolute Gasteiger partial charge is 0.330 e. The van der Waals surface area contributed by atoms with Crippen molar-refractivity contribution in [2.75, 3.05) is 6.54 Å². The maximum absolute atomic E-state index is 13.1. The summed E-state index contributed by atoms with van der Waals surface area (Å²) in [6.07, 6.45) is 3.90. The molecule has 2 rings (SSSR count). The molecule has 0 aromatic heterocycles. The zero-order chi connectivity index (χ0) is 13.8. The highest BCUT2D eigenvalue weighted by Gasteiger charge is 2.25. The summed E-state index contributed by atoms with van der Waals surface area (Å²) in [5, 5.41) is 0. The summed E-state index contributed by atoms with van der Waals surface area (Å²) in [4.78, 5) is 12.1. The molecule has 1 saturated carbocycles. The minimum atomic E-state index is -0.892. The molecule has 1 aliphatic rings. The van der Waals surface area contributed by atoms with Crippen molar-refractivity contribution < 1.29 is 13.6 Å². The third-order valence-electron chi connectivity index (χ3n) is 4.00. The van der Waals surface area contributed by atoms with Crippen LogP contribution in [0.25, 0.3) is 0 Å². The summed E-state index contributed by atoms with van der Waals surface area (Å²) in [5.41, 5.74) is 6.16. The van der Waals surface area contributed by atoms with Gasteiger partial charge in [0.05, 0.1) is 0 Å². The molecule has 104 valence electrons. The van der Waals surface area contributed by atoms with Gasteiger partial charge in [0.25, 0.3) is 0 Å². The van der Waals surface area contributed by atoms with Crippen LogP contribution in [0.4, 0.5) is 8.78 Å². The Kier molecular flexibility index (Phi) is 4.64. The van der Waals surface area contributed by atoms with E-state index in [2.05, 4.69) is 0 Å². The van der Waals surface area contributed by atoms with Gasteiger partial charge in [-0.05, 0) is 55.8 Å². The fourth-order valence-corrected chi connectivity index (χ4v) is 2.72. The Morgan fingerprint density at radius 3 is 2.42 bits per heavy atom. The lowest BCUT2D eigenvalue weighted by Gasteiger charge is -2.26. The fraction of sp³-hybridized carbons (Fsp3) is 0.533. The van der Waals surface area contributed by atoms with Crippen molar-refractivity contribution in [1.29, 1.82) is 0 Å². The predicted molar refractivity (Wildman–Crippen MR) is 69.6 cm³/mol. The van der Waals surface area contributed by atoms with Crippen LogP contribution in [0.2, 0.25) is 0 Å². The van der Waals surface area contributed by atoms with Crippen LogP contribution >= 0.6 is 0 Å². The highest BCUT2D eigenvalue weighted by molar-refractivity contribution is 5.83. The molecular weight excluding hydrogens is 248 g/mol. The molecule has 19 heavy (non-hydrogen) atoms. The molecule has 0 amide bonds. The van der Waals surface area contributed by atoms with E-state index in [1.165, 1.54) is 6.07 Å². The van der Waals surface area contributed by atoms with Crippen molar-refractivity contribution >= 4 is 5.78 Å². The van der Waals surface area contributed by atoms with E-state index in [0.29, 0.717) is 18.0 Å². The number of carbonyl (C=O) groups excluding carboxylic acids is 1. The van der Waals surface area contributed by atoms with E-state index in [1.807, 2.05) is 0 Å². The van der Waals surface area contributed by atoms with Crippen LogP contribution in [-0.4, -0.2) is 12.3 Å². The smallest absolute Gasteiger partial charge is 0.159 e. The summed E-state index contributed by atoms with van der Waals surface area (Å²) in [5.74, 6) is -1.05. The SMILES string of the molecule is NCC1CCC(C(=O)Cc2ccc(F)c(F)c2)CC1. The van der Waals surface area contributed by atoms with E-state index in [-0.39, 0.29) is 18.1 Å². The Morgan fingerprint density at radius 2 is 1.84 bits per heavy atom. The van der Waals surface area contributed by atoms with E-state index in [1.54, 1.807) is 0 Å². The van der Waals surface area contributed by atoms with Crippen molar-refractivity contribution in [3.63, 3.8) is 0 Å². The number of benzene rings is 1. The van der Waals surface area contributed by atoms with E-state index in [9.17, 15) is 13.6 Å². The zero-order valence-corrected chi connectivity index (χ0v) is 10.9. The Balaban J connectivity index is 1.92. The number of rotatable bonds is 4. The predicted octanol–water partition coefficient (Wildman–Crippen LogP) is 2.84. The molecular formula is C15H19F2NO. The van der Waals surface area contributed by atoms with Crippen LogP contribution < -0.4 is 5.73 Å². The lowest BCUT2D eigenvalue weighted by molar-refractivity contribution is -0.123. The number of hydrogen-bond donors (Lipinski definition) is 1. The second kappa shape index (κ2) is 6.24. The minimum absolute atomic E-state index is 0.0518. The van der Waals surface area contributed by atoms with Gasteiger partial charge in [-0.25, -0.2) is 8.78 Å². The highest BCUT2D eigenvalue weighted by Crippen LogP contribution is 2.29. The number of ketones is 1. The second-order valence-electron chi connectivity index (χ2n) is 5.34. The lowest BCUT2D eigenvalue weighted by atomic mass is 9.79. The van der Waals surface area contributed by atoms with E-state index >= 15 is 0 Å². The van der Waals surface area contributed by atoms with Crippen LogP contribution in [0.1, 0.15) is 31.2 Å².